The van der Waals surface area contributed by atoms with Crippen molar-refractivity contribution in [3.05, 3.63) is 57.9 Å². The first-order chi connectivity index (χ1) is 11.8. The molecule has 2 aromatic heterocycles. The average Bonchev–Trinajstić information content (AvgIpc) is 3.24. The van der Waals surface area contributed by atoms with E-state index < -0.39 is 0 Å². The molecule has 4 nitrogen and oxygen atoms in total. The summed E-state index contributed by atoms with van der Waals surface area (Å²) in [6, 6.07) is 10.6. The second-order valence-corrected chi connectivity index (χ2v) is 6.85. The Kier molecular flexibility index (Phi) is 5.54. The van der Waals surface area contributed by atoms with Crippen LogP contribution in [0.25, 0.3) is 10.9 Å². The zero-order valence-electron chi connectivity index (χ0n) is 14.2. The number of rotatable bonds is 6. The fourth-order valence-electron chi connectivity index (χ4n) is 2.94. The summed E-state index contributed by atoms with van der Waals surface area (Å²) < 4.78 is 0. The molecule has 0 amide bonds. The maximum atomic E-state index is 4.30. The number of thiophene rings is 1. The number of aryl methyl sites for hydroxylation is 1. The second-order valence-electron chi connectivity index (χ2n) is 5.82. The van der Waals surface area contributed by atoms with E-state index in [2.05, 4.69) is 69.4 Å². The quantitative estimate of drug-likeness (QED) is 0.475. The van der Waals surface area contributed by atoms with Crippen molar-refractivity contribution in [3.8, 4) is 0 Å². The van der Waals surface area contributed by atoms with Gasteiger partial charge >= 0.3 is 0 Å². The Labute approximate surface area is 147 Å². The fraction of sp³-hybridized carbons (Fsp3) is 0.316. The third-order valence-corrected chi connectivity index (χ3v) is 5.09. The Morgan fingerprint density at radius 1 is 1.12 bits per heavy atom. The lowest BCUT2D eigenvalue weighted by atomic mass is 10.1. The molecule has 3 rings (SSSR count). The number of benzene rings is 1. The van der Waals surface area contributed by atoms with Crippen molar-refractivity contribution in [1.82, 2.24) is 15.6 Å². The standard InChI is InChI=1S/C19H24N4S/c1-14-5-3-7-17-18(14)15(13-23-17)8-10-21-19(20-2)22-11-9-16-6-4-12-24-16/h3-7,12-13,23H,8-11H2,1-2H3,(H2,20,21,22). The molecule has 0 fully saturated rings. The zero-order valence-corrected chi connectivity index (χ0v) is 15.0. The van der Waals surface area contributed by atoms with Gasteiger partial charge in [0.05, 0.1) is 0 Å². The number of H-pyrrole nitrogens is 1. The Bertz CT molecular complexity index is 802. The van der Waals surface area contributed by atoms with Crippen LogP contribution in [0.3, 0.4) is 0 Å². The molecule has 0 bridgehead atoms. The first kappa shape index (κ1) is 16.6. The maximum Gasteiger partial charge on any atom is 0.190 e. The van der Waals surface area contributed by atoms with Gasteiger partial charge in [-0.2, -0.15) is 0 Å². The Morgan fingerprint density at radius 2 is 1.96 bits per heavy atom. The summed E-state index contributed by atoms with van der Waals surface area (Å²) >= 11 is 1.80. The number of hydrogen-bond donors (Lipinski definition) is 3. The van der Waals surface area contributed by atoms with Crippen LogP contribution in [0.5, 0.6) is 0 Å². The van der Waals surface area contributed by atoms with Crippen LogP contribution in [-0.4, -0.2) is 31.1 Å². The molecule has 24 heavy (non-hydrogen) atoms. The fourth-order valence-corrected chi connectivity index (χ4v) is 3.65. The molecular formula is C19H24N4S. The summed E-state index contributed by atoms with van der Waals surface area (Å²) in [5, 5.41) is 10.2. The average molecular weight is 340 g/mol. The molecule has 0 aliphatic rings. The van der Waals surface area contributed by atoms with Gasteiger partial charge in [0.2, 0.25) is 0 Å². The SMILES string of the molecule is CN=C(NCCc1cccs1)NCCc1c[nH]c2cccc(C)c12. The van der Waals surface area contributed by atoms with E-state index in [0.717, 1.165) is 31.9 Å². The van der Waals surface area contributed by atoms with Crippen molar-refractivity contribution < 1.29 is 0 Å². The molecule has 3 N–H and O–H groups in total. The van der Waals surface area contributed by atoms with Crippen LogP contribution in [0.15, 0.2) is 46.9 Å². The molecule has 1 aromatic carbocycles. The van der Waals surface area contributed by atoms with Crippen LogP contribution < -0.4 is 10.6 Å². The third kappa shape index (κ3) is 3.97. The number of hydrogen-bond acceptors (Lipinski definition) is 2. The molecule has 0 saturated heterocycles. The van der Waals surface area contributed by atoms with Crippen molar-refractivity contribution in [3.63, 3.8) is 0 Å². The topological polar surface area (TPSA) is 52.2 Å². The first-order valence-corrected chi connectivity index (χ1v) is 9.18. The highest BCUT2D eigenvalue weighted by atomic mass is 32.1. The zero-order chi connectivity index (χ0) is 16.8. The van der Waals surface area contributed by atoms with Crippen molar-refractivity contribution in [2.45, 2.75) is 19.8 Å². The molecule has 0 unspecified atom stereocenters. The number of fused-ring (bicyclic) bond motifs is 1. The highest BCUT2D eigenvalue weighted by Crippen LogP contribution is 2.22. The van der Waals surface area contributed by atoms with Gasteiger partial charge in [-0.25, -0.2) is 0 Å². The lowest BCUT2D eigenvalue weighted by molar-refractivity contribution is 0.789. The molecule has 0 aliphatic carbocycles. The van der Waals surface area contributed by atoms with Crippen LogP contribution in [0, 0.1) is 6.92 Å². The van der Waals surface area contributed by atoms with Crippen LogP contribution in [0.4, 0.5) is 0 Å². The summed E-state index contributed by atoms with van der Waals surface area (Å²) in [5.41, 5.74) is 3.88. The lowest BCUT2D eigenvalue weighted by Gasteiger charge is -2.11. The van der Waals surface area contributed by atoms with Gasteiger partial charge < -0.3 is 15.6 Å². The summed E-state index contributed by atoms with van der Waals surface area (Å²) in [6.45, 7) is 3.92. The normalized spacial score (nSPS) is 11.8. The molecule has 0 aliphatic heterocycles. The highest BCUT2D eigenvalue weighted by Gasteiger charge is 2.06. The van der Waals surface area contributed by atoms with Gasteiger partial charge in [0, 0.05) is 42.1 Å². The number of aromatic nitrogens is 1. The molecule has 5 heteroatoms. The monoisotopic (exact) mass is 340 g/mol. The van der Waals surface area contributed by atoms with Crippen LogP contribution >= 0.6 is 11.3 Å². The summed E-state index contributed by atoms with van der Waals surface area (Å²) in [6.07, 6.45) is 4.11. The van der Waals surface area contributed by atoms with Gasteiger partial charge in [0.1, 0.15) is 0 Å². The number of nitrogens with zero attached hydrogens (tertiary/aromatic N) is 1. The van der Waals surface area contributed by atoms with Crippen LogP contribution in [-0.2, 0) is 12.8 Å². The smallest absolute Gasteiger partial charge is 0.190 e. The van der Waals surface area contributed by atoms with Crippen molar-refractivity contribution in [2.75, 3.05) is 20.1 Å². The minimum absolute atomic E-state index is 0.861. The van der Waals surface area contributed by atoms with Gasteiger partial charge in [-0.05, 0) is 48.4 Å². The molecular weight excluding hydrogens is 316 g/mol. The van der Waals surface area contributed by atoms with E-state index in [0.29, 0.717) is 0 Å². The lowest BCUT2D eigenvalue weighted by Crippen LogP contribution is -2.39. The van der Waals surface area contributed by atoms with E-state index in [1.165, 1.54) is 26.9 Å². The molecule has 0 saturated carbocycles. The second kappa shape index (κ2) is 8.02. The van der Waals surface area contributed by atoms with Crippen molar-refractivity contribution in [2.24, 2.45) is 4.99 Å². The van der Waals surface area contributed by atoms with E-state index >= 15 is 0 Å². The van der Waals surface area contributed by atoms with Gasteiger partial charge in [-0.3, -0.25) is 4.99 Å². The van der Waals surface area contributed by atoms with E-state index in [4.69, 9.17) is 0 Å². The summed E-state index contributed by atoms with van der Waals surface area (Å²) in [4.78, 5) is 9.05. The Hall–Kier alpha value is -2.27. The first-order valence-electron chi connectivity index (χ1n) is 8.30. The van der Waals surface area contributed by atoms with Gasteiger partial charge in [-0.1, -0.05) is 18.2 Å². The van der Waals surface area contributed by atoms with E-state index in [1.807, 2.05) is 7.05 Å². The van der Waals surface area contributed by atoms with E-state index in [9.17, 15) is 0 Å². The van der Waals surface area contributed by atoms with Crippen LogP contribution in [0.2, 0.25) is 0 Å². The van der Waals surface area contributed by atoms with Gasteiger partial charge in [0.25, 0.3) is 0 Å². The van der Waals surface area contributed by atoms with Gasteiger partial charge in [0.15, 0.2) is 5.96 Å². The Balaban J connectivity index is 1.49. The van der Waals surface area contributed by atoms with E-state index in [-0.39, 0.29) is 0 Å². The molecule has 2 heterocycles. The van der Waals surface area contributed by atoms with Crippen molar-refractivity contribution >= 4 is 28.2 Å². The summed E-state index contributed by atoms with van der Waals surface area (Å²) in [5.74, 6) is 0.864. The number of guanidine groups is 1. The minimum atomic E-state index is 0.861. The number of aromatic amines is 1. The molecule has 126 valence electrons. The number of aliphatic imine (C=N–C) groups is 1. The molecule has 0 spiro atoms. The van der Waals surface area contributed by atoms with Crippen LogP contribution in [0.1, 0.15) is 16.0 Å². The van der Waals surface area contributed by atoms with E-state index in [1.54, 1.807) is 11.3 Å². The molecule has 3 aromatic rings. The number of nitrogens with one attached hydrogen (secondary N) is 3. The Morgan fingerprint density at radius 3 is 2.71 bits per heavy atom. The third-order valence-electron chi connectivity index (χ3n) is 4.15. The van der Waals surface area contributed by atoms with Crippen molar-refractivity contribution in [1.29, 1.82) is 0 Å². The minimum Gasteiger partial charge on any atom is -0.361 e. The summed E-state index contributed by atoms with van der Waals surface area (Å²) in [7, 11) is 1.82. The highest BCUT2D eigenvalue weighted by molar-refractivity contribution is 7.09. The van der Waals surface area contributed by atoms with Gasteiger partial charge in [-0.15, -0.1) is 11.3 Å². The largest absolute Gasteiger partial charge is 0.361 e. The molecule has 0 atom stereocenters. The predicted molar refractivity (Wildman–Crippen MR) is 104 cm³/mol. The predicted octanol–water partition coefficient (Wildman–Crippen LogP) is 3.49. The molecule has 0 radical (unpaired) electrons. The maximum absolute atomic E-state index is 4.30.